The second kappa shape index (κ2) is 10.8. The van der Waals surface area contributed by atoms with Crippen LogP contribution in [0.2, 0.25) is 0 Å². The molecule has 0 bridgehead atoms. The van der Waals surface area contributed by atoms with Gasteiger partial charge in [0.25, 0.3) is 0 Å². The van der Waals surface area contributed by atoms with Crippen molar-refractivity contribution in [1.82, 2.24) is 24.9 Å². The molecule has 1 unspecified atom stereocenters. The third-order valence-corrected chi connectivity index (χ3v) is 3.89. The zero-order chi connectivity index (χ0) is 15.2. The van der Waals surface area contributed by atoms with Crippen molar-refractivity contribution in [2.75, 3.05) is 53.5 Å². The highest BCUT2D eigenvalue weighted by molar-refractivity contribution is 5.85. The van der Waals surface area contributed by atoms with E-state index < -0.39 is 0 Å². The number of methoxy groups -OCH3 is 1. The summed E-state index contributed by atoms with van der Waals surface area (Å²) < 4.78 is 6.81. The lowest BCUT2D eigenvalue weighted by atomic mass is 10.1. The fraction of sp³-hybridized carbons (Fsp3) is 0.714. The van der Waals surface area contributed by atoms with E-state index in [4.69, 9.17) is 4.74 Å². The smallest absolute Gasteiger partial charge is 0.244 e. The normalized spacial score (nSPS) is 16.4. The van der Waals surface area contributed by atoms with Crippen molar-refractivity contribution in [3.63, 3.8) is 0 Å². The maximum Gasteiger partial charge on any atom is 0.244 e. The molecule has 7 nitrogen and oxygen atoms in total. The molecule has 2 rings (SSSR count). The van der Waals surface area contributed by atoms with Crippen LogP contribution in [0.15, 0.2) is 12.4 Å². The Hall–Kier alpha value is -0.860. The van der Waals surface area contributed by atoms with E-state index >= 15 is 0 Å². The molecule has 1 aliphatic heterocycles. The lowest BCUT2D eigenvalue weighted by molar-refractivity contribution is -0.135. The van der Waals surface area contributed by atoms with Crippen molar-refractivity contribution in [3.05, 3.63) is 18.0 Å². The number of ether oxygens (including phenoxy) is 1. The number of hydrogen-bond acceptors (Lipinski definition) is 5. The van der Waals surface area contributed by atoms with Crippen LogP contribution in [-0.4, -0.2) is 79.0 Å². The molecule has 0 aliphatic carbocycles. The first kappa shape index (κ1) is 22.1. The van der Waals surface area contributed by atoms with Crippen LogP contribution in [0, 0.1) is 0 Å². The number of aromatic nitrogens is 2. The molecule has 1 aliphatic rings. The second-order valence-electron chi connectivity index (χ2n) is 5.33. The van der Waals surface area contributed by atoms with Crippen molar-refractivity contribution in [3.8, 4) is 0 Å². The molecule has 134 valence electrons. The van der Waals surface area contributed by atoms with Gasteiger partial charge in [-0.05, 0) is 7.05 Å². The van der Waals surface area contributed by atoms with Gasteiger partial charge in [0.05, 0.1) is 12.8 Å². The van der Waals surface area contributed by atoms with Crippen LogP contribution >= 0.6 is 24.8 Å². The number of aryl methyl sites for hydroxylation is 1. The first-order valence-corrected chi connectivity index (χ1v) is 7.31. The molecule has 1 atom stereocenters. The number of nitrogens with zero attached hydrogens (tertiary/aromatic N) is 4. The molecule has 1 saturated heterocycles. The lowest BCUT2D eigenvalue weighted by Gasteiger charge is -2.36. The summed E-state index contributed by atoms with van der Waals surface area (Å²) in [6.07, 6.45) is 3.63. The number of rotatable bonds is 6. The average molecular weight is 368 g/mol. The van der Waals surface area contributed by atoms with Gasteiger partial charge < -0.3 is 15.0 Å². The summed E-state index contributed by atoms with van der Waals surface area (Å²) >= 11 is 0. The van der Waals surface area contributed by atoms with Gasteiger partial charge in [-0.15, -0.1) is 24.8 Å². The predicted molar refractivity (Wildman–Crippen MR) is 94.4 cm³/mol. The van der Waals surface area contributed by atoms with Crippen LogP contribution in [0.3, 0.4) is 0 Å². The van der Waals surface area contributed by atoms with Gasteiger partial charge in [0.1, 0.15) is 6.04 Å². The van der Waals surface area contributed by atoms with Crippen molar-refractivity contribution in [2.24, 2.45) is 7.05 Å². The van der Waals surface area contributed by atoms with E-state index in [1.54, 1.807) is 18.0 Å². The van der Waals surface area contributed by atoms with E-state index in [0.717, 1.165) is 44.9 Å². The van der Waals surface area contributed by atoms with Crippen molar-refractivity contribution in [1.29, 1.82) is 0 Å². The van der Waals surface area contributed by atoms with E-state index in [0.29, 0.717) is 0 Å². The van der Waals surface area contributed by atoms with Gasteiger partial charge in [0.15, 0.2) is 0 Å². The molecular weight excluding hydrogens is 341 g/mol. The maximum atomic E-state index is 12.6. The Bertz CT molecular complexity index is 464. The number of piperazine rings is 1. The van der Waals surface area contributed by atoms with E-state index in [1.807, 2.05) is 25.2 Å². The first-order valence-electron chi connectivity index (χ1n) is 7.31. The van der Waals surface area contributed by atoms with Gasteiger partial charge >= 0.3 is 0 Å². The van der Waals surface area contributed by atoms with E-state index in [-0.39, 0.29) is 36.8 Å². The third kappa shape index (κ3) is 5.93. The molecule has 9 heteroatoms. The minimum absolute atomic E-state index is 0. The van der Waals surface area contributed by atoms with Gasteiger partial charge in [-0.1, -0.05) is 0 Å². The summed E-state index contributed by atoms with van der Waals surface area (Å²) in [7, 11) is 5.38. The minimum atomic E-state index is -0.316. The molecule has 0 saturated carbocycles. The fourth-order valence-corrected chi connectivity index (χ4v) is 2.62. The van der Waals surface area contributed by atoms with Crippen LogP contribution < -0.4 is 5.32 Å². The molecule has 0 spiro atoms. The molecule has 1 aromatic rings. The highest BCUT2D eigenvalue weighted by atomic mass is 35.5. The molecule has 0 aromatic carbocycles. The summed E-state index contributed by atoms with van der Waals surface area (Å²) in [5.41, 5.74) is 0.909. The summed E-state index contributed by atoms with van der Waals surface area (Å²) in [5, 5.41) is 7.24. The standard InChI is InChI=1S/C14H25N5O2.2ClH/c1-15-13(12-10-16-17(2)11-12)14(20)19-6-4-18(5-7-19)8-9-21-3;;/h10-11,13,15H,4-9H2,1-3H3;2*1H. The van der Waals surface area contributed by atoms with Gasteiger partial charge in [-0.25, -0.2) is 0 Å². The van der Waals surface area contributed by atoms with Gasteiger partial charge in [-0.2, -0.15) is 5.10 Å². The summed E-state index contributed by atoms with van der Waals surface area (Å²) in [5.74, 6) is 0.122. The van der Waals surface area contributed by atoms with Crippen molar-refractivity contribution < 1.29 is 9.53 Å². The second-order valence-corrected chi connectivity index (χ2v) is 5.33. The Morgan fingerprint density at radius 1 is 1.35 bits per heavy atom. The van der Waals surface area contributed by atoms with Crippen LogP contribution in [-0.2, 0) is 16.6 Å². The number of likely N-dealkylation sites (N-methyl/N-ethyl adjacent to an activating group) is 1. The fourth-order valence-electron chi connectivity index (χ4n) is 2.62. The van der Waals surface area contributed by atoms with Gasteiger partial charge in [-0.3, -0.25) is 14.4 Å². The molecule has 23 heavy (non-hydrogen) atoms. The predicted octanol–water partition coefficient (Wildman–Crippen LogP) is 0.315. The van der Waals surface area contributed by atoms with E-state index in [1.165, 1.54) is 0 Å². The topological polar surface area (TPSA) is 62.6 Å². The number of carbonyl (C=O) groups is 1. The Morgan fingerprint density at radius 3 is 2.48 bits per heavy atom. The first-order chi connectivity index (χ1) is 10.2. The third-order valence-electron chi connectivity index (χ3n) is 3.89. The summed E-state index contributed by atoms with van der Waals surface area (Å²) in [6.45, 7) is 5.00. The zero-order valence-corrected chi connectivity index (χ0v) is 15.5. The quantitative estimate of drug-likeness (QED) is 0.784. The van der Waals surface area contributed by atoms with E-state index in [2.05, 4.69) is 15.3 Å². The van der Waals surface area contributed by atoms with Crippen molar-refractivity contribution >= 4 is 30.7 Å². The Labute approximate surface area is 150 Å². The Kier molecular flexibility index (Phi) is 10.4. The molecule has 1 fully saturated rings. The number of hydrogen-bond donors (Lipinski definition) is 1. The number of nitrogens with one attached hydrogen (secondary N) is 1. The zero-order valence-electron chi connectivity index (χ0n) is 13.9. The average Bonchev–Trinajstić information content (AvgIpc) is 2.92. The lowest BCUT2D eigenvalue weighted by Crippen LogP contribution is -2.51. The molecule has 1 amide bonds. The number of carbonyl (C=O) groups excluding carboxylic acids is 1. The van der Waals surface area contributed by atoms with Crippen LogP contribution in [0.1, 0.15) is 11.6 Å². The monoisotopic (exact) mass is 367 g/mol. The van der Waals surface area contributed by atoms with Gasteiger partial charge in [0, 0.05) is 58.6 Å². The number of halogens is 2. The van der Waals surface area contributed by atoms with Crippen LogP contribution in [0.5, 0.6) is 0 Å². The Balaban J connectivity index is 0.00000242. The Morgan fingerprint density at radius 2 is 2.00 bits per heavy atom. The van der Waals surface area contributed by atoms with E-state index in [9.17, 15) is 4.79 Å². The SMILES string of the molecule is CNC(C(=O)N1CCN(CCOC)CC1)c1cnn(C)c1.Cl.Cl. The summed E-state index contributed by atoms with van der Waals surface area (Å²) in [6, 6.07) is -0.316. The minimum Gasteiger partial charge on any atom is -0.383 e. The van der Waals surface area contributed by atoms with Crippen LogP contribution in [0.4, 0.5) is 0 Å². The maximum absolute atomic E-state index is 12.6. The molecule has 1 N–H and O–H groups in total. The van der Waals surface area contributed by atoms with Crippen LogP contribution in [0.25, 0.3) is 0 Å². The molecule has 2 heterocycles. The highest BCUT2D eigenvalue weighted by Gasteiger charge is 2.28. The van der Waals surface area contributed by atoms with Gasteiger partial charge in [0.2, 0.25) is 5.91 Å². The molecular formula is C14H27Cl2N5O2. The largest absolute Gasteiger partial charge is 0.383 e. The molecule has 1 aromatic heterocycles. The summed E-state index contributed by atoms with van der Waals surface area (Å²) in [4.78, 5) is 16.9. The highest BCUT2D eigenvalue weighted by Crippen LogP contribution is 2.16. The molecule has 0 radical (unpaired) electrons. The number of amides is 1. The van der Waals surface area contributed by atoms with Crippen molar-refractivity contribution in [2.45, 2.75) is 6.04 Å².